The van der Waals surface area contributed by atoms with Crippen molar-refractivity contribution in [2.75, 3.05) is 7.11 Å². The number of carboxylic acid groups (broad SMARTS) is 1. The van der Waals surface area contributed by atoms with Crippen LogP contribution in [0.25, 0.3) is 0 Å². The highest BCUT2D eigenvalue weighted by atomic mass is 16.5. The van der Waals surface area contributed by atoms with Crippen LogP contribution < -0.4 is 0 Å². The van der Waals surface area contributed by atoms with Gasteiger partial charge in [0.15, 0.2) is 0 Å². The lowest BCUT2D eigenvalue weighted by Crippen LogP contribution is -2.06. The van der Waals surface area contributed by atoms with Crippen molar-refractivity contribution in [3.63, 3.8) is 0 Å². The monoisotopic (exact) mass is 172 g/mol. The van der Waals surface area contributed by atoms with Gasteiger partial charge in [0.25, 0.3) is 0 Å². The van der Waals surface area contributed by atoms with Crippen molar-refractivity contribution in [2.24, 2.45) is 0 Å². The first-order valence-corrected chi connectivity index (χ1v) is 3.63. The Balaban J connectivity index is 4.42. The second-order valence-electron chi connectivity index (χ2n) is 2.25. The van der Waals surface area contributed by atoms with Gasteiger partial charge in [-0.1, -0.05) is 13.3 Å². The fourth-order valence-corrected chi connectivity index (χ4v) is 0.783. The predicted octanol–water partition coefficient (Wildman–Crippen LogP) is 0.970. The molecule has 12 heavy (non-hydrogen) atoms. The molecule has 0 aliphatic heterocycles. The molecular formula is C8H12O4. The van der Waals surface area contributed by atoms with Gasteiger partial charge in [-0.2, -0.15) is 0 Å². The van der Waals surface area contributed by atoms with Crippen molar-refractivity contribution in [3.8, 4) is 0 Å². The number of carbonyl (C=O) groups is 2. The molecule has 0 aliphatic carbocycles. The Labute approximate surface area is 70.8 Å². The van der Waals surface area contributed by atoms with Crippen molar-refractivity contribution in [1.29, 1.82) is 0 Å². The van der Waals surface area contributed by atoms with Crippen LogP contribution in [-0.2, 0) is 14.3 Å². The molecule has 1 N–H and O–H groups in total. The summed E-state index contributed by atoms with van der Waals surface area (Å²) in [6, 6.07) is 0. The van der Waals surface area contributed by atoms with E-state index in [4.69, 9.17) is 5.11 Å². The zero-order valence-electron chi connectivity index (χ0n) is 7.16. The van der Waals surface area contributed by atoms with Crippen LogP contribution in [0, 0.1) is 0 Å². The maximum atomic E-state index is 10.9. The van der Waals surface area contributed by atoms with Gasteiger partial charge in [-0.25, -0.2) is 9.59 Å². The van der Waals surface area contributed by atoms with Gasteiger partial charge in [0.05, 0.1) is 7.11 Å². The lowest BCUT2D eigenvalue weighted by Gasteiger charge is -2.01. The summed E-state index contributed by atoms with van der Waals surface area (Å²) in [6.45, 7) is 1.86. The van der Waals surface area contributed by atoms with E-state index in [2.05, 4.69) is 4.74 Å². The van der Waals surface area contributed by atoms with Crippen molar-refractivity contribution >= 4 is 11.9 Å². The average Bonchev–Trinajstić information content (AvgIpc) is 2.01. The van der Waals surface area contributed by atoms with Crippen LogP contribution >= 0.6 is 0 Å². The normalized spacial score (nSPS) is 11.0. The van der Waals surface area contributed by atoms with E-state index in [1.165, 1.54) is 7.11 Å². The molecule has 0 aliphatic rings. The third-order valence-corrected chi connectivity index (χ3v) is 1.26. The van der Waals surface area contributed by atoms with Crippen LogP contribution in [0.3, 0.4) is 0 Å². The summed E-state index contributed by atoms with van der Waals surface area (Å²) < 4.78 is 4.40. The highest BCUT2D eigenvalue weighted by Gasteiger charge is 2.09. The fraction of sp³-hybridized carbons (Fsp3) is 0.500. The minimum Gasteiger partial charge on any atom is -0.478 e. The molecule has 0 bridgehead atoms. The Bertz CT molecular complexity index is 205. The summed E-state index contributed by atoms with van der Waals surface area (Å²) >= 11 is 0. The first-order chi connectivity index (χ1) is 5.61. The molecule has 0 saturated heterocycles. The molecule has 4 nitrogen and oxygen atoms in total. The van der Waals surface area contributed by atoms with Crippen LogP contribution in [0.2, 0.25) is 0 Å². The Kier molecular flexibility index (Phi) is 4.76. The summed E-state index contributed by atoms with van der Waals surface area (Å²) in [5, 5.41) is 8.37. The summed E-state index contributed by atoms with van der Waals surface area (Å²) in [5.74, 6) is -1.69. The van der Waals surface area contributed by atoms with Crippen molar-refractivity contribution in [3.05, 3.63) is 11.6 Å². The minimum absolute atomic E-state index is 0.201. The highest BCUT2D eigenvalue weighted by Crippen LogP contribution is 2.06. The zero-order valence-corrected chi connectivity index (χ0v) is 7.16. The minimum atomic E-state index is -1.12. The zero-order chi connectivity index (χ0) is 9.56. The Hall–Kier alpha value is -1.32. The number of carboxylic acids is 1. The number of hydrogen-bond donors (Lipinski definition) is 1. The van der Waals surface area contributed by atoms with Crippen LogP contribution in [0.15, 0.2) is 11.6 Å². The molecule has 4 heteroatoms. The molecule has 0 atom stereocenters. The predicted molar refractivity (Wildman–Crippen MR) is 42.6 cm³/mol. The SMILES string of the molecule is CCCC(=CC(=O)O)C(=O)OC. The van der Waals surface area contributed by atoms with Gasteiger partial charge >= 0.3 is 11.9 Å². The van der Waals surface area contributed by atoms with Gasteiger partial charge in [0, 0.05) is 11.6 Å². The van der Waals surface area contributed by atoms with Crippen molar-refractivity contribution in [1.82, 2.24) is 0 Å². The molecule has 0 heterocycles. The molecule has 0 aromatic carbocycles. The van der Waals surface area contributed by atoms with Gasteiger partial charge in [-0.05, 0) is 6.42 Å². The third kappa shape index (κ3) is 3.75. The van der Waals surface area contributed by atoms with E-state index in [0.29, 0.717) is 12.8 Å². The molecule has 0 fully saturated rings. The number of hydrogen-bond acceptors (Lipinski definition) is 3. The second kappa shape index (κ2) is 5.35. The second-order valence-corrected chi connectivity index (χ2v) is 2.25. The maximum absolute atomic E-state index is 10.9. The van der Waals surface area contributed by atoms with E-state index < -0.39 is 11.9 Å². The van der Waals surface area contributed by atoms with E-state index >= 15 is 0 Å². The Morgan fingerprint density at radius 3 is 2.42 bits per heavy atom. The van der Waals surface area contributed by atoms with Crippen molar-refractivity contribution in [2.45, 2.75) is 19.8 Å². The molecule has 0 unspecified atom stereocenters. The average molecular weight is 172 g/mol. The standard InChI is InChI=1S/C8H12O4/c1-3-4-6(5-7(9)10)8(11)12-2/h5H,3-4H2,1-2H3,(H,9,10). The quantitative estimate of drug-likeness (QED) is 0.507. The molecule has 0 rings (SSSR count). The molecule has 68 valence electrons. The van der Waals surface area contributed by atoms with Gasteiger partial charge < -0.3 is 9.84 Å². The smallest absolute Gasteiger partial charge is 0.333 e. The number of rotatable bonds is 4. The topological polar surface area (TPSA) is 63.6 Å². The summed E-state index contributed by atoms with van der Waals surface area (Å²) in [6.07, 6.45) is 2.03. The number of ether oxygens (including phenoxy) is 1. The number of esters is 1. The Morgan fingerprint density at radius 2 is 2.08 bits per heavy atom. The summed E-state index contributed by atoms with van der Waals surface area (Å²) in [7, 11) is 1.23. The van der Waals surface area contributed by atoms with E-state index in [1.54, 1.807) is 0 Å². The first kappa shape index (κ1) is 10.7. The van der Waals surface area contributed by atoms with Crippen LogP contribution in [0.4, 0.5) is 0 Å². The van der Waals surface area contributed by atoms with Crippen molar-refractivity contribution < 1.29 is 19.4 Å². The molecular weight excluding hydrogens is 160 g/mol. The molecule has 0 radical (unpaired) electrons. The van der Waals surface area contributed by atoms with E-state index in [-0.39, 0.29) is 5.57 Å². The van der Waals surface area contributed by atoms with Crippen LogP contribution in [0.1, 0.15) is 19.8 Å². The molecule has 0 aromatic rings. The van der Waals surface area contributed by atoms with Crippen LogP contribution in [0.5, 0.6) is 0 Å². The van der Waals surface area contributed by atoms with E-state index in [0.717, 1.165) is 6.08 Å². The van der Waals surface area contributed by atoms with E-state index in [9.17, 15) is 9.59 Å². The van der Waals surface area contributed by atoms with Gasteiger partial charge in [-0.15, -0.1) is 0 Å². The summed E-state index contributed by atoms with van der Waals surface area (Å²) in [4.78, 5) is 21.1. The van der Waals surface area contributed by atoms with Crippen LogP contribution in [-0.4, -0.2) is 24.2 Å². The summed E-state index contributed by atoms with van der Waals surface area (Å²) in [5.41, 5.74) is 0.201. The number of carbonyl (C=O) groups excluding carboxylic acids is 1. The lowest BCUT2D eigenvalue weighted by molar-refractivity contribution is -0.137. The number of aliphatic carboxylic acids is 1. The molecule has 0 amide bonds. The lowest BCUT2D eigenvalue weighted by atomic mass is 10.1. The molecule has 0 saturated carbocycles. The largest absolute Gasteiger partial charge is 0.478 e. The highest BCUT2D eigenvalue weighted by molar-refractivity contribution is 5.95. The molecule has 0 spiro atoms. The Morgan fingerprint density at radius 1 is 1.50 bits per heavy atom. The van der Waals surface area contributed by atoms with Gasteiger partial charge in [0.2, 0.25) is 0 Å². The maximum Gasteiger partial charge on any atom is 0.333 e. The third-order valence-electron chi connectivity index (χ3n) is 1.26. The first-order valence-electron chi connectivity index (χ1n) is 3.63. The molecule has 0 aromatic heterocycles. The van der Waals surface area contributed by atoms with E-state index in [1.807, 2.05) is 6.92 Å². The van der Waals surface area contributed by atoms with Gasteiger partial charge in [-0.3, -0.25) is 0 Å². The number of methoxy groups -OCH3 is 1. The van der Waals surface area contributed by atoms with Gasteiger partial charge in [0.1, 0.15) is 0 Å². The fourth-order valence-electron chi connectivity index (χ4n) is 0.783.